The minimum atomic E-state index is -0.0401. The Hall–Kier alpha value is -2.62. The molecule has 0 bridgehead atoms. The van der Waals surface area contributed by atoms with E-state index >= 15 is 0 Å². The van der Waals surface area contributed by atoms with Crippen molar-refractivity contribution in [2.24, 2.45) is 0 Å². The summed E-state index contributed by atoms with van der Waals surface area (Å²) in [6.45, 7) is 8.43. The number of hydrogen-bond donors (Lipinski definition) is 0. The van der Waals surface area contributed by atoms with Crippen LogP contribution in [0.4, 0.5) is 0 Å². The maximum atomic E-state index is 6.05. The second-order valence-corrected chi connectivity index (χ2v) is 6.92. The molecule has 0 aliphatic heterocycles. The average Bonchev–Trinajstić information content (AvgIpc) is 3.06. The molecule has 0 aliphatic carbocycles. The molecule has 124 valence electrons. The summed E-state index contributed by atoms with van der Waals surface area (Å²) < 4.78 is 8.01. The van der Waals surface area contributed by atoms with Gasteiger partial charge in [0.25, 0.3) is 0 Å². The van der Waals surface area contributed by atoms with E-state index in [0.29, 0.717) is 0 Å². The first kappa shape index (κ1) is 16.2. The van der Waals surface area contributed by atoms with Crippen molar-refractivity contribution >= 4 is 0 Å². The first-order chi connectivity index (χ1) is 11.4. The van der Waals surface area contributed by atoms with Gasteiger partial charge >= 0.3 is 0 Å². The lowest BCUT2D eigenvalue weighted by atomic mass is 10.1. The van der Waals surface area contributed by atoms with Gasteiger partial charge in [-0.3, -0.25) is 9.67 Å². The maximum Gasteiger partial charge on any atom is 0.139 e. The molecule has 1 atom stereocenters. The summed E-state index contributed by atoms with van der Waals surface area (Å²) in [6, 6.07) is 12.2. The lowest BCUT2D eigenvalue weighted by Gasteiger charge is -2.18. The van der Waals surface area contributed by atoms with Crippen LogP contribution in [0.15, 0.2) is 61.2 Å². The van der Waals surface area contributed by atoms with Crippen molar-refractivity contribution in [3.63, 3.8) is 0 Å². The fourth-order valence-electron chi connectivity index (χ4n) is 2.48. The van der Waals surface area contributed by atoms with Gasteiger partial charge in [0, 0.05) is 23.5 Å². The van der Waals surface area contributed by atoms with E-state index in [1.807, 2.05) is 54.5 Å². The summed E-state index contributed by atoms with van der Waals surface area (Å²) in [4.78, 5) is 4.32. The Bertz CT molecular complexity index is 803. The third-order valence-corrected chi connectivity index (χ3v) is 3.90. The van der Waals surface area contributed by atoms with Crippen LogP contribution in [-0.4, -0.2) is 14.8 Å². The smallest absolute Gasteiger partial charge is 0.139 e. The van der Waals surface area contributed by atoms with Gasteiger partial charge < -0.3 is 4.74 Å². The molecule has 2 aromatic heterocycles. The van der Waals surface area contributed by atoms with E-state index in [0.717, 1.165) is 22.4 Å². The molecule has 24 heavy (non-hydrogen) atoms. The molecule has 4 heteroatoms. The minimum absolute atomic E-state index is 0.0273. The molecular formula is C20H23N3O. The van der Waals surface area contributed by atoms with Crippen molar-refractivity contribution in [2.45, 2.75) is 39.3 Å². The van der Waals surface area contributed by atoms with Crippen LogP contribution in [0.1, 0.15) is 39.4 Å². The van der Waals surface area contributed by atoms with Crippen LogP contribution in [0.5, 0.6) is 5.75 Å². The molecule has 0 aliphatic rings. The highest BCUT2D eigenvalue weighted by molar-refractivity contribution is 5.62. The first-order valence-electron chi connectivity index (χ1n) is 8.15. The van der Waals surface area contributed by atoms with E-state index < -0.39 is 0 Å². The third kappa shape index (κ3) is 3.65. The Kier molecular flexibility index (Phi) is 4.38. The van der Waals surface area contributed by atoms with Crippen LogP contribution in [0.2, 0.25) is 0 Å². The summed E-state index contributed by atoms with van der Waals surface area (Å²) in [5, 5.41) is 4.45. The molecule has 0 spiro atoms. The summed E-state index contributed by atoms with van der Waals surface area (Å²) in [5.74, 6) is 0.757. The Balaban J connectivity index is 1.81. The standard InChI is InChI=1S/C20H23N3O/c1-15(16-8-6-5-7-9-16)24-19-10-17(11-21-13-19)18-12-22-23(14-18)20(2,3)4/h5-15H,1-4H3. The van der Waals surface area contributed by atoms with E-state index in [2.05, 4.69) is 43.0 Å². The Morgan fingerprint density at radius 1 is 1.00 bits per heavy atom. The first-order valence-corrected chi connectivity index (χ1v) is 8.15. The molecule has 2 heterocycles. The number of pyridine rings is 1. The molecule has 1 aromatic carbocycles. The number of hydrogen-bond acceptors (Lipinski definition) is 3. The molecule has 3 rings (SSSR count). The van der Waals surface area contributed by atoms with Gasteiger partial charge in [-0.2, -0.15) is 5.10 Å². The molecule has 0 saturated carbocycles. The second-order valence-electron chi connectivity index (χ2n) is 6.92. The van der Waals surface area contributed by atoms with Crippen molar-refractivity contribution < 1.29 is 4.74 Å². The lowest BCUT2D eigenvalue weighted by Crippen LogP contribution is -2.21. The number of nitrogens with zero attached hydrogens (tertiary/aromatic N) is 3. The minimum Gasteiger partial charge on any atom is -0.484 e. The van der Waals surface area contributed by atoms with E-state index in [9.17, 15) is 0 Å². The Morgan fingerprint density at radius 2 is 1.75 bits per heavy atom. The van der Waals surface area contributed by atoms with Crippen molar-refractivity contribution in [3.05, 3.63) is 66.7 Å². The Morgan fingerprint density at radius 3 is 2.42 bits per heavy atom. The number of aromatic nitrogens is 3. The van der Waals surface area contributed by atoms with Crippen molar-refractivity contribution in [3.8, 4) is 16.9 Å². The van der Waals surface area contributed by atoms with Gasteiger partial charge in [0.05, 0.1) is 17.9 Å². The average molecular weight is 321 g/mol. The largest absolute Gasteiger partial charge is 0.484 e. The molecular weight excluding hydrogens is 298 g/mol. The van der Waals surface area contributed by atoms with Gasteiger partial charge in [-0.05, 0) is 39.3 Å². The van der Waals surface area contributed by atoms with Gasteiger partial charge in [-0.25, -0.2) is 0 Å². The van der Waals surface area contributed by atoms with E-state index in [4.69, 9.17) is 4.74 Å². The van der Waals surface area contributed by atoms with Crippen molar-refractivity contribution in [1.82, 2.24) is 14.8 Å². The molecule has 0 radical (unpaired) electrons. The van der Waals surface area contributed by atoms with Gasteiger partial charge in [0.2, 0.25) is 0 Å². The second kappa shape index (κ2) is 6.48. The van der Waals surface area contributed by atoms with Gasteiger partial charge in [0.15, 0.2) is 0 Å². The van der Waals surface area contributed by atoms with Gasteiger partial charge in [-0.1, -0.05) is 30.3 Å². The zero-order valence-electron chi connectivity index (χ0n) is 14.6. The molecule has 0 fully saturated rings. The topological polar surface area (TPSA) is 39.9 Å². The van der Waals surface area contributed by atoms with Gasteiger partial charge in [-0.15, -0.1) is 0 Å². The predicted molar refractivity (Wildman–Crippen MR) is 95.9 cm³/mol. The molecule has 0 N–H and O–H groups in total. The number of benzene rings is 1. The van der Waals surface area contributed by atoms with Crippen LogP contribution in [0.25, 0.3) is 11.1 Å². The highest BCUT2D eigenvalue weighted by Crippen LogP contribution is 2.27. The van der Waals surface area contributed by atoms with Crippen LogP contribution < -0.4 is 4.74 Å². The zero-order chi connectivity index (χ0) is 17.2. The molecule has 3 aromatic rings. The molecule has 4 nitrogen and oxygen atoms in total. The normalized spacial score (nSPS) is 12.8. The van der Waals surface area contributed by atoms with Crippen LogP contribution in [0, 0.1) is 0 Å². The maximum absolute atomic E-state index is 6.05. The third-order valence-electron chi connectivity index (χ3n) is 3.90. The monoisotopic (exact) mass is 321 g/mol. The fourth-order valence-corrected chi connectivity index (χ4v) is 2.48. The highest BCUT2D eigenvalue weighted by Gasteiger charge is 2.15. The lowest BCUT2D eigenvalue weighted by molar-refractivity contribution is 0.226. The zero-order valence-corrected chi connectivity index (χ0v) is 14.6. The Labute approximate surface area is 143 Å². The van der Waals surface area contributed by atoms with Crippen LogP contribution in [0.3, 0.4) is 0 Å². The summed E-state index contributed by atoms with van der Waals surface area (Å²) >= 11 is 0. The molecule has 1 unspecified atom stereocenters. The van der Waals surface area contributed by atoms with Crippen LogP contribution >= 0.6 is 0 Å². The van der Waals surface area contributed by atoms with Gasteiger partial charge in [0.1, 0.15) is 11.9 Å². The van der Waals surface area contributed by atoms with E-state index in [1.165, 1.54) is 0 Å². The predicted octanol–water partition coefficient (Wildman–Crippen LogP) is 4.84. The number of rotatable bonds is 4. The summed E-state index contributed by atoms with van der Waals surface area (Å²) in [7, 11) is 0. The number of ether oxygens (including phenoxy) is 1. The fraction of sp³-hybridized carbons (Fsp3) is 0.300. The van der Waals surface area contributed by atoms with E-state index in [-0.39, 0.29) is 11.6 Å². The highest BCUT2D eigenvalue weighted by atomic mass is 16.5. The van der Waals surface area contributed by atoms with Crippen molar-refractivity contribution in [2.75, 3.05) is 0 Å². The van der Waals surface area contributed by atoms with Crippen molar-refractivity contribution in [1.29, 1.82) is 0 Å². The molecule has 0 amide bonds. The van der Waals surface area contributed by atoms with Crippen LogP contribution in [-0.2, 0) is 5.54 Å². The van der Waals surface area contributed by atoms with E-state index in [1.54, 1.807) is 6.20 Å². The summed E-state index contributed by atoms with van der Waals surface area (Å²) in [5.41, 5.74) is 3.14. The quantitative estimate of drug-likeness (QED) is 0.690. The molecule has 0 saturated heterocycles. The SMILES string of the molecule is CC(Oc1cncc(-c2cnn(C(C)(C)C)c2)c1)c1ccccc1. The summed E-state index contributed by atoms with van der Waals surface area (Å²) in [6.07, 6.45) is 7.47.